The lowest BCUT2D eigenvalue weighted by Crippen LogP contribution is -2.29. The first-order valence-corrected chi connectivity index (χ1v) is 11.5. The maximum Gasteiger partial charge on any atom is 0.407 e. The van der Waals surface area contributed by atoms with Gasteiger partial charge in [-0.1, -0.05) is 17.3 Å². The molecule has 1 amide bonds. The van der Waals surface area contributed by atoms with Crippen molar-refractivity contribution in [1.82, 2.24) is 10.5 Å². The quantitative estimate of drug-likeness (QED) is 0.452. The van der Waals surface area contributed by atoms with Gasteiger partial charge in [-0.25, -0.2) is 9.18 Å². The minimum Gasteiger partial charge on any atom is -0.490 e. The van der Waals surface area contributed by atoms with Crippen LogP contribution >= 0.6 is 0 Å². The molecule has 1 saturated carbocycles. The van der Waals surface area contributed by atoms with Crippen molar-refractivity contribution in [1.29, 1.82) is 0 Å². The van der Waals surface area contributed by atoms with Gasteiger partial charge in [-0.15, -0.1) is 0 Å². The number of carboxylic acid groups (broad SMARTS) is 1. The number of carboxylic acids is 1. The number of halogens is 1. The minimum absolute atomic E-state index is 0.0251. The summed E-state index contributed by atoms with van der Waals surface area (Å²) in [6, 6.07) is 13.0. The van der Waals surface area contributed by atoms with Gasteiger partial charge in [0.05, 0.1) is 24.3 Å². The third-order valence-corrected chi connectivity index (χ3v) is 6.07. The number of nitrogens with zero attached hydrogens (tertiary/aromatic N) is 1. The molecule has 0 bridgehead atoms. The number of nitrogens with one attached hydrogen (secondary N) is 1. The van der Waals surface area contributed by atoms with E-state index in [0.717, 1.165) is 18.4 Å². The summed E-state index contributed by atoms with van der Waals surface area (Å²) in [7, 11) is 0. The number of rotatable bonds is 8. The molecule has 1 aliphatic rings. The van der Waals surface area contributed by atoms with E-state index in [2.05, 4.69) is 10.5 Å². The number of amides is 1. The first kappa shape index (κ1) is 24.3. The van der Waals surface area contributed by atoms with E-state index in [0.29, 0.717) is 41.2 Å². The van der Waals surface area contributed by atoms with Gasteiger partial charge in [0.15, 0.2) is 5.76 Å². The highest BCUT2D eigenvalue weighted by atomic mass is 19.1. The van der Waals surface area contributed by atoms with Crippen molar-refractivity contribution in [3.63, 3.8) is 0 Å². The summed E-state index contributed by atoms with van der Waals surface area (Å²) in [4.78, 5) is 23.4. The first-order valence-electron chi connectivity index (χ1n) is 11.5. The van der Waals surface area contributed by atoms with Crippen LogP contribution in [0.5, 0.6) is 5.75 Å². The van der Waals surface area contributed by atoms with Gasteiger partial charge in [0, 0.05) is 11.1 Å². The smallest absolute Gasteiger partial charge is 0.407 e. The number of hydrogen-bond donors (Lipinski definition) is 2. The highest BCUT2D eigenvalue weighted by Gasteiger charge is 2.28. The molecule has 0 saturated heterocycles. The Morgan fingerprint density at radius 1 is 1.14 bits per heavy atom. The van der Waals surface area contributed by atoms with Crippen LogP contribution in [-0.2, 0) is 22.7 Å². The standard InChI is InChI=1S/C26H27FN2O6/c1-16-23(14-28-26(32)33-15-17-5-9-20(27)10-6-17)24(35-29-16)18-7-11-21(12-8-18)34-22-4-2-3-19(13-22)25(30)31/h5-12,19,22H,2-4,13-15H2,1H3,(H,28,32)(H,30,31)/t19-,22-/m0/s1. The van der Waals surface area contributed by atoms with Gasteiger partial charge < -0.3 is 24.4 Å². The normalized spacial score (nSPS) is 17.5. The highest BCUT2D eigenvalue weighted by molar-refractivity contribution is 5.70. The van der Waals surface area contributed by atoms with Crippen molar-refractivity contribution >= 4 is 12.1 Å². The van der Waals surface area contributed by atoms with E-state index in [1.165, 1.54) is 12.1 Å². The summed E-state index contributed by atoms with van der Waals surface area (Å²) in [5.74, 6) is -0.298. The van der Waals surface area contributed by atoms with Crippen molar-refractivity contribution in [3.05, 3.63) is 71.2 Å². The molecule has 0 spiro atoms. The number of ether oxygens (including phenoxy) is 2. The number of benzene rings is 2. The van der Waals surface area contributed by atoms with E-state index in [9.17, 15) is 19.1 Å². The van der Waals surface area contributed by atoms with Crippen LogP contribution < -0.4 is 10.1 Å². The Morgan fingerprint density at radius 3 is 2.60 bits per heavy atom. The second-order valence-corrected chi connectivity index (χ2v) is 8.60. The molecule has 184 valence electrons. The van der Waals surface area contributed by atoms with Crippen LogP contribution in [0.25, 0.3) is 11.3 Å². The molecule has 0 aliphatic heterocycles. The van der Waals surface area contributed by atoms with Crippen molar-refractivity contribution < 1.29 is 33.1 Å². The molecular formula is C26H27FN2O6. The lowest BCUT2D eigenvalue weighted by molar-refractivity contribution is -0.143. The Morgan fingerprint density at radius 2 is 1.89 bits per heavy atom. The molecule has 2 N–H and O–H groups in total. The lowest BCUT2D eigenvalue weighted by Gasteiger charge is -2.27. The van der Waals surface area contributed by atoms with Crippen LogP contribution in [0.2, 0.25) is 0 Å². The number of aromatic nitrogens is 1. The number of aryl methyl sites for hydroxylation is 1. The zero-order chi connectivity index (χ0) is 24.8. The molecule has 3 aromatic rings. The third-order valence-electron chi connectivity index (χ3n) is 6.07. The van der Waals surface area contributed by atoms with Gasteiger partial charge in [-0.2, -0.15) is 0 Å². The van der Waals surface area contributed by atoms with Crippen LogP contribution in [-0.4, -0.2) is 28.4 Å². The third kappa shape index (κ3) is 6.38. The summed E-state index contributed by atoms with van der Waals surface area (Å²) in [5.41, 5.74) is 2.80. The fraction of sp³-hybridized carbons (Fsp3) is 0.346. The van der Waals surface area contributed by atoms with Gasteiger partial charge in [0.25, 0.3) is 0 Å². The Bertz CT molecular complexity index is 1160. The van der Waals surface area contributed by atoms with Gasteiger partial charge in [-0.05, 0) is 74.6 Å². The minimum atomic E-state index is -0.769. The van der Waals surface area contributed by atoms with E-state index < -0.39 is 12.1 Å². The second kappa shape index (κ2) is 11.0. The molecule has 1 aliphatic carbocycles. The largest absolute Gasteiger partial charge is 0.490 e. The maximum atomic E-state index is 13.0. The van der Waals surface area contributed by atoms with E-state index in [-0.39, 0.29) is 31.0 Å². The number of alkyl carbamates (subject to hydrolysis) is 1. The van der Waals surface area contributed by atoms with Crippen molar-refractivity contribution in [2.24, 2.45) is 5.92 Å². The zero-order valence-electron chi connectivity index (χ0n) is 19.3. The summed E-state index contributed by atoms with van der Waals surface area (Å²) in [5, 5.41) is 16.0. The molecule has 9 heteroatoms. The molecular weight excluding hydrogens is 455 g/mol. The van der Waals surface area contributed by atoms with Crippen molar-refractivity contribution in [2.45, 2.75) is 51.9 Å². The molecule has 35 heavy (non-hydrogen) atoms. The van der Waals surface area contributed by atoms with E-state index in [1.54, 1.807) is 19.1 Å². The Hall–Kier alpha value is -3.88. The van der Waals surface area contributed by atoms with E-state index in [4.69, 9.17) is 14.0 Å². The fourth-order valence-corrected chi connectivity index (χ4v) is 4.12. The molecule has 4 rings (SSSR count). The van der Waals surface area contributed by atoms with Crippen LogP contribution in [0.1, 0.15) is 42.5 Å². The van der Waals surface area contributed by atoms with Crippen LogP contribution in [0.3, 0.4) is 0 Å². The summed E-state index contributed by atoms with van der Waals surface area (Å²) >= 11 is 0. The fourth-order valence-electron chi connectivity index (χ4n) is 4.12. The van der Waals surface area contributed by atoms with Gasteiger partial charge in [0.2, 0.25) is 0 Å². The molecule has 1 fully saturated rings. The number of carbonyl (C=O) groups is 2. The van der Waals surface area contributed by atoms with Crippen molar-refractivity contribution in [3.8, 4) is 17.1 Å². The Labute approximate surface area is 202 Å². The van der Waals surface area contributed by atoms with Gasteiger partial charge in [-0.3, -0.25) is 4.79 Å². The van der Waals surface area contributed by atoms with Gasteiger partial charge >= 0.3 is 12.1 Å². The average molecular weight is 483 g/mol. The molecule has 2 aromatic carbocycles. The first-order chi connectivity index (χ1) is 16.9. The summed E-state index contributed by atoms with van der Waals surface area (Å²) in [6.45, 7) is 1.97. The van der Waals surface area contributed by atoms with Crippen LogP contribution in [0.15, 0.2) is 53.1 Å². The van der Waals surface area contributed by atoms with E-state index in [1.807, 2.05) is 24.3 Å². The zero-order valence-corrected chi connectivity index (χ0v) is 19.3. The molecule has 8 nitrogen and oxygen atoms in total. The topological polar surface area (TPSA) is 111 Å². The Kier molecular flexibility index (Phi) is 7.64. The van der Waals surface area contributed by atoms with E-state index >= 15 is 0 Å². The van der Waals surface area contributed by atoms with Gasteiger partial charge in [0.1, 0.15) is 18.2 Å². The van der Waals surface area contributed by atoms with Crippen molar-refractivity contribution in [2.75, 3.05) is 0 Å². The number of hydrogen-bond acceptors (Lipinski definition) is 6. The average Bonchev–Trinajstić information content (AvgIpc) is 3.23. The molecule has 1 heterocycles. The predicted molar refractivity (Wildman–Crippen MR) is 124 cm³/mol. The lowest BCUT2D eigenvalue weighted by atomic mass is 9.87. The van der Waals surface area contributed by atoms with Crippen LogP contribution in [0, 0.1) is 18.7 Å². The predicted octanol–water partition coefficient (Wildman–Crippen LogP) is 5.24. The molecule has 2 atom stereocenters. The second-order valence-electron chi connectivity index (χ2n) is 8.60. The summed E-state index contributed by atoms with van der Waals surface area (Å²) in [6.07, 6.45) is 2.13. The van der Waals surface area contributed by atoms with Crippen LogP contribution in [0.4, 0.5) is 9.18 Å². The Balaban J connectivity index is 1.34. The number of carbonyl (C=O) groups excluding carboxylic acids is 1. The molecule has 1 aromatic heterocycles. The summed E-state index contributed by atoms with van der Waals surface area (Å²) < 4.78 is 29.7. The molecule has 0 radical (unpaired) electrons. The monoisotopic (exact) mass is 482 g/mol. The highest BCUT2D eigenvalue weighted by Crippen LogP contribution is 2.31. The maximum absolute atomic E-state index is 13.0. The number of aliphatic carboxylic acids is 1. The SMILES string of the molecule is Cc1noc(-c2ccc(O[C@H]3CCC[C@H](C(=O)O)C3)cc2)c1CNC(=O)OCc1ccc(F)cc1. The molecule has 0 unspecified atom stereocenters.